The van der Waals surface area contributed by atoms with Crippen LogP contribution in [-0.4, -0.2) is 26.0 Å². The number of benzene rings is 1. The highest BCUT2D eigenvalue weighted by Gasteiger charge is 2.39. The summed E-state index contributed by atoms with van der Waals surface area (Å²) in [5.74, 6) is -0.876. The molecule has 0 aliphatic heterocycles. The molecule has 1 aromatic carbocycles. The Hall–Kier alpha value is -1.40. The zero-order valence-electron chi connectivity index (χ0n) is 11.4. The third kappa shape index (κ3) is 3.37. The highest BCUT2D eigenvalue weighted by molar-refractivity contribution is 7.89. The van der Waals surface area contributed by atoms with Gasteiger partial charge in [0.2, 0.25) is 10.0 Å². The first-order valence-electron chi connectivity index (χ1n) is 6.61. The zero-order valence-corrected chi connectivity index (χ0v) is 12.2. The van der Waals surface area contributed by atoms with Gasteiger partial charge in [-0.2, -0.15) is 0 Å². The van der Waals surface area contributed by atoms with Gasteiger partial charge >= 0.3 is 5.97 Å². The number of aliphatic carboxylic acids is 1. The van der Waals surface area contributed by atoms with E-state index in [1.165, 1.54) is 0 Å². The molecule has 1 saturated carbocycles. The average molecular weight is 297 g/mol. The van der Waals surface area contributed by atoms with E-state index in [1.54, 1.807) is 18.2 Å². The maximum Gasteiger partial charge on any atom is 0.303 e. The zero-order chi connectivity index (χ0) is 14.8. The van der Waals surface area contributed by atoms with Gasteiger partial charge in [0.05, 0.1) is 11.3 Å². The minimum atomic E-state index is -3.57. The van der Waals surface area contributed by atoms with E-state index in [2.05, 4.69) is 4.72 Å². The van der Waals surface area contributed by atoms with Gasteiger partial charge in [-0.3, -0.25) is 4.79 Å². The molecular weight excluding hydrogens is 278 g/mol. The monoisotopic (exact) mass is 297 g/mol. The van der Waals surface area contributed by atoms with Crippen LogP contribution < -0.4 is 4.72 Å². The molecule has 0 saturated heterocycles. The summed E-state index contributed by atoms with van der Waals surface area (Å²) >= 11 is 0. The third-order valence-electron chi connectivity index (χ3n) is 3.88. The molecule has 1 aromatic rings. The lowest BCUT2D eigenvalue weighted by atomic mass is 9.67. The van der Waals surface area contributed by atoms with Crippen molar-refractivity contribution in [1.29, 1.82) is 0 Å². The van der Waals surface area contributed by atoms with E-state index >= 15 is 0 Å². The van der Waals surface area contributed by atoms with Crippen LogP contribution in [0.5, 0.6) is 0 Å². The SMILES string of the molecule is Cc1cccc(S(=O)(=O)NCC2(CC(=O)O)CCC2)c1. The van der Waals surface area contributed by atoms with Crippen molar-refractivity contribution in [1.82, 2.24) is 4.72 Å². The van der Waals surface area contributed by atoms with Crippen LogP contribution in [-0.2, 0) is 14.8 Å². The molecule has 0 aromatic heterocycles. The fourth-order valence-corrected chi connectivity index (χ4v) is 3.79. The molecule has 0 amide bonds. The van der Waals surface area contributed by atoms with Crippen LogP contribution in [0.25, 0.3) is 0 Å². The lowest BCUT2D eigenvalue weighted by Crippen LogP contribution is -2.43. The lowest BCUT2D eigenvalue weighted by molar-refractivity contribution is -0.141. The molecule has 0 atom stereocenters. The van der Waals surface area contributed by atoms with Crippen LogP contribution in [0.3, 0.4) is 0 Å². The first kappa shape index (κ1) is 15.0. The molecule has 0 bridgehead atoms. The van der Waals surface area contributed by atoms with Gasteiger partial charge in [-0.1, -0.05) is 18.6 Å². The first-order valence-corrected chi connectivity index (χ1v) is 8.10. The molecule has 2 rings (SSSR count). The maximum absolute atomic E-state index is 12.2. The highest BCUT2D eigenvalue weighted by atomic mass is 32.2. The Labute approximate surface area is 119 Å². The fraction of sp³-hybridized carbons (Fsp3) is 0.500. The largest absolute Gasteiger partial charge is 0.481 e. The number of nitrogens with one attached hydrogen (secondary N) is 1. The van der Waals surface area contributed by atoms with E-state index in [-0.39, 0.29) is 17.9 Å². The van der Waals surface area contributed by atoms with Crippen molar-refractivity contribution in [2.24, 2.45) is 5.41 Å². The molecule has 1 aliphatic carbocycles. The maximum atomic E-state index is 12.2. The van der Waals surface area contributed by atoms with Gasteiger partial charge in [0.1, 0.15) is 0 Å². The van der Waals surface area contributed by atoms with Gasteiger partial charge in [0.15, 0.2) is 0 Å². The van der Waals surface area contributed by atoms with Crippen molar-refractivity contribution >= 4 is 16.0 Å². The molecule has 5 nitrogen and oxygen atoms in total. The summed E-state index contributed by atoms with van der Waals surface area (Å²) in [6.45, 7) is 2.02. The second kappa shape index (κ2) is 5.54. The van der Waals surface area contributed by atoms with Crippen LogP contribution in [0.2, 0.25) is 0 Å². The predicted octanol–water partition coefficient (Wildman–Crippen LogP) is 1.92. The van der Waals surface area contributed by atoms with Crippen LogP contribution in [0.4, 0.5) is 0 Å². The van der Waals surface area contributed by atoms with Gasteiger partial charge in [-0.15, -0.1) is 0 Å². The quantitative estimate of drug-likeness (QED) is 0.840. The Bertz CT molecular complexity index is 605. The molecule has 0 heterocycles. The molecule has 0 unspecified atom stereocenters. The number of carboxylic acids is 1. The molecule has 110 valence electrons. The molecule has 1 aliphatic rings. The molecule has 0 spiro atoms. The fourth-order valence-electron chi connectivity index (χ4n) is 2.53. The number of sulfonamides is 1. The van der Waals surface area contributed by atoms with Crippen molar-refractivity contribution in [2.75, 3.05) is 6.54 Å². The number of rotatable bonds is 6. The Morgan fingerprint density at radius 2 is 2.10 bits per heavy atom. The summed E-state index contributed by atoms with van der Waals surface area (Å²) < 4.78 is 27.0. The summed E-state index contributed by atoms with van der Waals surface area (Å²) in [7, 11) is -3.57. The standard InChI is InChI=1S/C14H19NO4S/c1-11-4-2-5-12(8-11)20(18,19)15-10-14(6-3-7-14)9-13(16)17/h2,4-5,8,15H,3,6-7,9-10H2,1H3,(H,16,17). The van der Waals surface area contributed by atoms with E-state index < -0.39 is 21.4 Å². The number of hydrogen-bond acceptors (Lipinski definition) is 3. The van der Waals surface area contributed by atoms with Crippen LogP contribution in [0.1, 0.15) is 31.2 Å². The molecule has 20 heavy (non-hydrogen) atoms. The van der Waals surface area contributed by atoms with Crippen LogP contribution in [0.15, 0.2) is 29.2 Å². The van der Waals surface area contributed by atoms with Crippen molar-refractivity contribution < 1.29 is 18.3 Å². The number of aryl methyl sites for hydroxylation is 1. The van der Waals surface area contributed by atoms with Gasteiger partial charge < -0.3 is 5.11 Å². The summed E-state index contributed by atoms with van der Waals surface area (Å²) in [5, 5.41) is 8.92. The molecule has 6 heteroatoms. The summed E-state index contributed by atoms with van der Waals surface area (Å²) in [5.41, 5.74) is 0.458. The Morgan fingerprint density at radius 3 is 2.60 bits per heavy atom. The van der Waals surface area contributed by atoms with E-state index in [0.29, 0.717) is 0 Å². The van der Waals surface area contributed by atoms with Gasteiger partial charge in [-0.25, -0.2) is 13.1 Å². The highest BCUT2D eigenvalue weighted by Crippen LogP contribution is 2.43. The van der Waals surface area contributed by atoms with E-state index in [1.807, 2.05) is 13.0 Å². The van der Waals surface area contributed by atoms with Gasteiger partial charge in [0, 0.05) is 6.54 Å². The minimum absolute atomic E-state index is 0.0172. The number of carbonyl (C=O) groups is 1. The Kier molecular flexibility index (Phi) is 4.15. The van der Waals surface area contributed by atoms with E-state index in [9.17, 15) is 13.2 Å². The topological polar surface area (TPSA) is 83.5 Å². The van der Waals surface area contributed by atoms with Crippen molar-refractivity contribution in [3.8, 4) is 0 Å². The molecule has 2 N–H and O–H groups in total. The number of hydrogen-bond donors (Lipinski definition) is 2. The average Bonchev–Trinajstić information content (AvgIpc) is 2.32. The Morgan fingerprint density at radius 1 is 1.40 bits per heavy atom. The minimum Gasteiger partial charge on any atom is -0.481 e. The summed E-state index contributed by atoms with van der Waals surface area (Å²) in [6, 6.07) is 6.67. The van der Waals surface area contributed by atoms with E-state index in [4.69, 9.17) is 5.11 Å². The predicted molar refractivity (Wildman–Crippen MR) is 74.9 cm³/mol. The molecule has 1 fully saturated rings. The van der Waals surface area contributed by atoms with E-state index in [0.717, 1.165) is 24.8 Å². The second-order valence-electron chi connectivity index (χ2n) is 5.57. The summed E-state index contributed by atoms with van der Waals surface area (Å²) in [6.07, 6.45) is 2.49. The smallest absolute Gasteiger partial charge is 0.303 e. The molecular formula is C14H19NO4S. The lowest BCUT2D eigenvalue weighted by Gasteiger charge is -2.40. The van der Waals surface area contributed by atoms with Crippen LogP contribution in [0, 0.1) is 12.3 Å². The summed E-state index contributed by atoms with van der Waals surface area (Å²) in [4.78, 5) is 11.1. The first-order chi connectivity index (χ1) is 9.33. The molecule has 0 radical (unpaired) electrons. The van der Waals surface area contributed by atoms with Crippen LogP contribution >= 0.6 is 0 Å². The van der Waals surface area contributed by atoms with Gasteiger partial charge in [-0.05, 0) is 42.9 Å². The van der Waals surface area contributed by atoms with Crippen molar-refractivity contribution in [3.63, 3.8) is 0 Å². The third-order valence-corrected chi connectivity index (χ3v) is 5.28. The second-order valence-corrected chi connectivity index (χ2v) is 7.33. The van der Waals surface area contributed by atoms with Gasteiger partial charge in [0.25, 0.3) is 0 Å². The number of carboxylic acid groups (broad SMARTS) is 1. The van der Waals surface area contributed by atoms with Crippen molar-refractivity contribution in [2.45, 2.75) is 37.5 Å². The Balaban J connectivity index is 2.07. The van der Waals surface area contributed by atoms with Crippen molar-refractivity contribution in [3.05, 3.63) is 29.8 Å². The normalized spacial score (nSPS) is 17.4.